The second-order valence-corrected chi connectivity index (χ2v) is 5.76. The van der Waals surface area contributed by atoms with Gasteiger partial charge in [0.05, 0.1) is 23.4 Å². The molecule has 114 valence electrons. The van der Waals surface area contributed by atoms with Gasteiger partial charge >= 0.3 is 0 Å². The van der Waals surface area contributed by atoms with Crippen LogP contribution < -0.4 is 0 Å². The lowest BCUT2D eigenvalue weighted by Crippen LogP contribution is -2.07. The summed E-state index contributed by atoms with van der Waals surface area (Å²) >= 11 is 3.14. The van der Waals surface area contributed by atoms with E-state index in [9.17, 15) is 9.50 Å². The number of nitrogens with zero attached hydrogens (tertiary/aromatic N) is 2. The number of fused-ring (bicyclic) bond motifs is 1. The zero-order chi connectivity index (χ0) is 15.5. The van der Waals surface area contributed by atoms with Gasteiger partial charge in [-0.3, -0.25) is 0 Å². The van der Waals surface area contributed by atoms with Gasteiger partial charge in [-0.1, -0.05) is 30.3 Å². The molecule has 3 aromatic rings. The monoisotopic (exact) mass is 364 g/mol. The van der Waals surface area contributed by atoms with E-state index in [0.29, 0.717) is 15.8 Å². The Balaban J connectivity index is 1.62. The Morgan fingerprint density at radius 2 is 2.05 bits per heavy atom. The van der Waals surface area contributed by atoms with Crippen LogP contribution in [0.1, 0.15) is 17.4 Å². The fourth-order valence-electron chi connectivity index (χ4n) is 2.15. The van der Waals surface area contributed by atoms with Crippen LogP contribution in [0.4, 0.5) is 4.39 Å². The quantitative estimate of drug-likeness (QED) is 0.753. The van der Waals surface area contributed by atoms with Crippen LogP contribution in [0.2, 0.25) is 0 Å². The maximum atomic E-state index is 13.4. The maximum absolute atomic E-state index is 13.4. The van der Waals surface area contributed by atoms with Crippen molar-refractivity contribution in [2.75, 3.05) is 6.61 Å². The molecule has 2 aromatic heterocycles. The molecule has 0 spiro atoms. The maximum Gasteiger partial charge on any atom is 0.142 e. The summed E-state index contributed by atoms with van der Waals surface area (Å²) in [5.74, 6) is -0.356. The van der Waals surface area contributed by atoms with Crippen LogP contribution in [-0.2, 0) is 11.3 Å². The van der Waals surface area contributed by atoms with E-state index < -0.39 is 6.10 Å². The smallest absolute Gasteiger partial charge is 0.142 e. The van der Waals surface area contributed by atoms with E-state index in [-0.39, 0.29) is 19.0 Å². The molecule has 0 saturated heterocycles. The third-order valence-electron chi connectivity index (χ3n) is 3.26. The largest absolute Gasteiger partial charge is 0.386 e. The average molecular weight is 365 g/mol. The second kappa shape index (κ2) is 6.56. The van der Waals surface area contributed by atoms with Gasteiger partial charge in [-0.15, -0.1) is 0 Å². The van der Waals surface area contributed by atoms with Gasteiger partial charge in [0, 0.05) is 18.5 Å². The van der Waals surface area contributed by atoms with Gasteiger partial charge in [0.2, 0.25) is 0 Å². The Morgan fingerprint density at radius 1 is 1.27 bits per heavy atom. The predicted octanol–water partition coefficient (Wildman–Crippen LogP) is 3.49. The zero-order valence-electron chi connectivity index (χ0n) is 11.6. The molecule has 0 radical (unpaired) electrons. The number of imidazole rings is 1. The van der Waals surface area contributed by atoms with E-state index in [1.54, 1.807) is 16.8 Å². The van der Waals surface area contributed by atoms with Crippen LogP contribution in [-0.4, -0.2) is 21.1 Å². The first-order chi connectivity index (χ1) is 10.6. The van der Waals surface area contributed by atoms with Gasteiger partial charge in [0.15, 0.2) is 0 Å². The average Bonchev–Trinajstić information content (AvgIpc) is 2.90. The van der Waals surface area contributed by atoms with Crippen LogP contribution in [0, 0.1) is 5.82 Å². The molecule has 1 aromatic carbocycles. The highest BCUT2D eigenvalue weighted by molar-refractivity contribution is 9.10. The van der Waals surface area contributed by atoms with Gasteiger partial charge in [0.25, 0.3) is 0 Å². The minimum absolute atomic E-state index is 0.177. The lowest BCUT2D eigenvalue weighted by molar-refractivity contribution is 0.0266. The molecular weight excluding hydrogens is 351 g/mol. The van der Waals surface area contributed by atoms with Crippen LogP contribution >= 0.6 is 15.9 Å². The Kier molecular flexibility index (Phi) is 4.52. The Bertz CT molecular complexity index is 737. The summed E-state index contributed by atoms with van der Waals surface area (Å²) in [7, 11) is 0. The van der Waals surface area contributed by atoms with Crippen molar-refractivity contribution in [1.82, 2.24) is 9.38 Å². The summed E-state index contributed by atoms with van der Waals surface area (Å²) in [6.07, 6.45) is 2.71. The van der Waals surface area contributed by atoms with Crippen molar-refractivity contribution in [1.29, 1.82) is 0 Å². The molecule has 2 heterocycles. The molecule has 1 unspecified atom stereocenters. The summed E-state index contributed by atoms with van der Waals surface area (Å²) in [5.41, 5.74) is 2.00. The zero-order valence-corrected chi connectivity index (χ0v) is 13.2. The van der Waals surface area contributed by atoms with Gasteiger partial charge in [0.1, 0.15) is 17.6 Å². The SMILES string of the molecule is OC(COCc1cn2cc(Br)c(F)cc2n1)c1ccccc1. The summed E-state index contributed by atoms with van der Waals surface area (Å²) < 4.78 is 21.0. The molecule has 4 nitrogen and oxygen atoms in total. The first-order valence-electron chi connectivity index (χ1n) is 6.77. The third-order valence-corrected chi connectivity index (χ3v) is 3.84. The van der Waals surface area contributed by atoms with E-state index in [4.69, 9.17) is 4.74 Å². The predicted molar refractivity (Wildman–Crippen MR) is 83.9 cm³/mol. The van der Waals surface area contributed by atoms with Crippen LogP contribution in [0.5, 0.6) is 0 Å². The number of hydrogen-bond acceptors (Lipinski definition) is 3. The molecule has 1 N–H and O–H groups in total. The highest BCUT2D eigenvalue weighted by Crippen LogP contribution is 2.18. The van der Waals surface area contributed by atoms with Crippen molar-refractivity contribution in [2.45, 2.75) is 12.7 Å². The van der Waals surface area contributed by atoms with Gasteiger partial charge in [-0.05, 0) is 21.5 Å². The molecule has 1 atom stereocenters. The summed E-state index contributed by atoms with van der Waals surface area (Å²) in [4.78, 5) is 4.28. The van der Waals surface area contributed by atoms with Crippen LogP contribution in [0.15, 0.2) is 53.3 Å². The molecule has 22 heavy (non-hydrogen) atoms. The van der Waals surface area contributed by atoms with E-state index >= 15 is 0 Å². The van der Waals surface area contributed by atoms with Crippen molar-refractivity contribution < 1.29 is 14.2 Å². The number of halogens is 2. The van der Waals surface area contributed by atoms with Crippen molar-refractivity contribution in [3.05, 3.63) is 70.3 Å². The van der Waals surface area contributed by atoms with Crippen LogP contribution in [0.25, 0.3) is 5.65 Å². The number of aliphatic hydroxyl groups excluding tert-OH is 1. The summed E-state index contributed by atoms with van der Waals surface area (Å²) in [6, 6.07) is 10.7. The second-order valence-electron chi connectivity index (χ2n) is 4.91. The fraction of sp³-hybridized carbons (Fsp3) is 0.188. The molecule has 3 rings (SSSR count). The topological polar surface area (TPSA) is 46.8 Å². The van der Waals surface area contributed by atoms with E-state index in [1.807, 2.05) is 30.3 Å². The van der Waals surface area contributed by atoms with Gasteiger partial charge < -0.3 is 14.2 Å². The molecule has 0 fully saturated rings. The molecule has 0 aliphatic heterocycles. The number of rotatable bonds is 5. The Morgan fingerprint density at radius 3 is 2.82 bits per heavy atom. The van der Waals surface area contributed by atoms with Crippen molar-refractivity contribution in [3.8, 4) is 0 Å². The fourth-order valence-corrected chi connectivity index (χ4v) is 2.49. The summed E-state index contributed by atoms with van der Waals surface area (Å²) in [5, 5.41) is 10.0. The highest BCUT2D eigenvalue weighted by Gasteiger charge is 2.09. The molecule has 0 amide bonds. The highest BCUT2D eigenvalue weighted by atomic mass is 79.9. The van der Waals surface area contributed by atoms with Crippen LogP contribution in [0.3, 0.4) is 0 Å². The number of aliphatic hydroxyl groups is 1. The number of aromatic nitrogens is 2. The Labute approximate surface area is 135 Å². The van der Waals surface area contributed by atoms with Crippen molar-refractivity contribution in [2.24, 2.45) is 0 Å². The van der Waals surface area contributed by atoms with Gasteiger partial charge in [-0.25, -0.2) is 9.37 Å². The lowest BCUT2D eigenvalue weighted by Gasteiger charge is -2.10. The normalized spacial score (nSPS) is 12.7. The minimum Gasteiger partial charge on any atom is -0.386 e. The molecule has 0 saturated carbocycles. The first-order valence-corrected chi connectivity index (χ1v) is 7.56. The molecular formula is C16H14BrFN2O2. The number of pyridine rings is 1. The molecule has 6 heteroatoms. The summed E-state index contributed by atoms with van der Waals surface area (Å²) in [6.45, 7) is 0.431. The number of benzene rings is 1. The number of hydrogen-bond donors (Lipinski definition) is 1. The Hall–Kier alpha value is -1.76. The first kappa shape index (κ1) is 15.1. The molecule has 0 aliphatic carbocycles. The third kappa shape index (κ3) is 3.35. The lowest BCUT2D eigenvalue weighted by atomic mass is 10.1. The van der Waals surface area contributed by atoms with E-state index in [2.05, 4.69) is 20.9 Å². The minimum atomic E-state index is -0.676. The van der Waals surface area contributed by atoms with Crippen molar-refractivity contribution in [3.63, 3.8) is 0 Å². The van der Waals surface area contributed by atoms with Gasteiger partial charge in [-0.2, -0.15) is 0 Å². The number of ether oxygens (including phenoxy) is 1. The molecule has 0 bridgehead atoms. The van der Waals surface area contributed by atoms with E-state index in [0.717, 1.165) is 5.56 Å². The molecule has 0 aliphatic rings. The van der Waals surface area contributed by atoms with Crippen molar-refractivity contribution >= 4 is 21.6 Å². The standard InChI is InChI=1S/C16H14BrFN2O2/c17-13-8-20-7-12(19-16(20)6-14(13)18)9-22-10-15(21)11-4-2-1-3-5-11/h1-8,15,21H,9-10H2. The van der Waals surface area contributed by atoms with E-state index in [1.165, 1.54) is 6.07 Å².